The molecule has 0 saturated heterocycles. The quantitative estimate of drug-likeness (QED) is 0.559. The monoisotopic (exact) mass is 504 g/mol. The lowest BCUT2D eigenvalue weighted by Gasteiger charge is -2.38. The Labute approximate surface area is 216 Å². The molecule has 8 nitrogen and oxygen atoms in total. The smallest absolute Gasteiger partial charge is 0.340 e. The Morgan fingerprint density at radius 2 is 1.76 bits per heavy atom. The van der Waals surface area contributed by atoms with Crippen LogP contribution in [0.1, 0.15) is 49.3 Å². The van der Waals surface area contributed by atoms with Gasteiger partial charge in [-0.3, -0.25) is 9.59 Å². The van der Waals surface area contributed by atoms with Gasteiger partial charge in [-0.1, -0.05) is 50.2 Å². The highest BCUT2D eigenvalue weighted by Gasteiger charge is 2.45. The number of hydrogen-bond acceptors (Lipinski definition) is 7. The van der Waals surface area contributed by atoms with Gasteiger partial charge in [0.1, 0.15) is 17.1 Å². The fourth-order valence-corrected chi connectivity index (χ4v) is 4.99. The summed E-state index contributed by atoms with van der Waals surface area (Å²) in [5.74, 6) is -1.33. The molecule has 1 heterocycles. The largest absolute Gasteiger partial charge is 0.483 e. The molecule has 4 rings (SSSR count). The second-order valence-electron chi connectivity index (χ2n) is 10.2. The van der Waals surface area contributed by atoms with Crippen LogP contribution in [0.25, 0.3) is 0 Å². The van der Waals surface area contributed by atoms with Gasteiger partial charge in [0.25, 0.3) is 5.91 Å². The summed E-state index contributed by atoms with van der Waals surface area (Å²) < 4.78 is 16.8. The van der Waals surface area contributed by atoms with Crippen molar-refractivity contribution >= 4 is 23.3 Å². The zero-order valence-corrected chi connectivity index (χ0v) is 21.8. The lowest BCUT2D eigenvalue weighted by atomic mass is 9.70. The van der Waals surface area contributed by atoms with Gasteiger partial charge < -0.3 is 25.3 Å². The summed E-state index contributed by atoms with van der Waals surface area (Å²) in [6.07, 6.45) is 0.780. The van der Waals surface area contributed by atoms with Crippen LogP contribution < -0.4 is 15.8 Å². The maximum atomic E-state index is 13.4. The Morgan fingerprint density at radius 3 is 2.43 bits per heavy atom. The van der Waals surface area contributed by atoms with Crippen molar-refractivity contribution in [2.24, 2.45) is 11.1 Å². The fraction of sp³-hybridized carbons (Fsp3) is 0.345. The number of nitrogens with two attached hydrogens (primary N) is 1. The highest BCUT2D eigenvalue weighted by Crippen LogP contribution is 2.49. The van der Waals surface area contributed by atoms with E-state index in [-0.39, 0.29) is 35.2 Å². The summed E-state index contributed by atoms with van der Waals surface area (Å²) in [5, 5.41) is 2.90. The number of rotatable bonds is 6. The number of aryl methyl sites for hydroxylation is 2. The Morgan fingerprint density at radius 1 is 1.08 bits per heavy atom. The van der Waals surface area contributed by atoms with Crippen molar-refractivity contribution in [1.29, 1.82) is 0 Å². The molecule has 1 unspecified atom stereocenters. The molecule has 37 heavy (non-hydrogen) atoms. The zero-order chi connectivity index (χ0) is 26.9. The van der Waals surface area contributed by atoms with E-state index in [4.69, 9.17) is 19.9 Å². The average molecular weight is 505 g/mol. The van der Waals surface area contributed by atoms with Gasteiger partial charge in [0.2, 0.25) is 5.88 Å². The number of allylic oxidation sites excluding steroid dienone is 2. The van der Waals surface area contributed by atoms with Gasteiger partial charge in [0.15, 0.2) is 12.4 Å². The maximum absolute atomic E-state index is 13.4. The van der Waals surface area contributed by atoms with Crippen molar-refractivity contribution in [3.8, 4) is 5.75 Å². The van der Waals surface area contributed by atoms with Gasteiger partial charge in [-0.05, 0) is 36.5 Å². The highest BCUT2D eigenvalue weighted by molar-refractivity contribution is 6.04. The molecule has 2 aromatic rings. The van der Waals surface area contributed by atoms with Gasteiger partial charge >= 0.3 is 5.97 Å². The minimum Gasteiger partial charge on any atom is -0.483 e. The first-order valence-electron chi connectivity index (χ1n) is 12.1. The standard InChI is InChI=1S/C29H32N2O6/c1-16-9-8-10-17(2)26(16)31-22(33)15-36-20-12-7-6-11-18(20)23-24-19(32)13-29(3,4)14-21(24)37-27(30)25(23)28(34)35-5/h6-12,23H,13-15,30H2,1-5H3,(H,31,33). The number of esters is 1. The Hall–Kier alpha value is -4.07. The van der Waals surface area contributed by atoms with Crippen LogP contribution in [0.5, 0.6) is 5.75 Å². The lowest BCUT2D eigenvalue weighted by molar-refractivity contribution is -0.136. The molecule has 2 aliphatic rings. The molecule has 1 amide bonds. The van der Waals surface area contributed by atoms with Crippen molar-refractivity contribution in [3.05, 3.63) is 81.9 Å². The van der Waals surface area contributed by atoms with E-state index in [0.717, 1.165) is 16.8 Å². The topological polar surface area (TPSA) is 117 Å². The average Bonchev–Trinajstić information content (AvgIpc) is 2.83. The molecule has 0 saturated carbocycles. The normalized spacial score (nSPS) is 18.6. The molecule has 1 aliphatic carbocycles. The number of anilines is 1. The van der Waals surface area contributed by atoms with Crippen LogP contribution in [0, 0.1) is 19.3 Å². The van der Waals surface area contributed by atoms with Gasteiger partial charge in [-0.15, -0.1) is 0 Å². The minimum absolute atomic E-state index is 0.0327. The molecular formula is C29H32N2O6. The molecule has 0 bridgehead atoms. The van der Waals surface area contributed by atoms with Crippen molar-refractivity contribution in [2.45, 2.75) is 46.5 Å². The van der Waals surface area contributed by atoms with Crippen molar-refractivity contribution in [3.63, 3.8) is 0 Å². The summed E-state index contributed by atoms with van der Waals surface area (Å²) in [4.78, 5) is 39.0. The molecule has 2 aromatic carbocycles. The molecule has 0 radical (unpaired) electrons. The minimum atomic E-state index is -0.849. The third kappa shape index (κ3) is 5.23. The number of amides is 1. The Balaban J connectivity index is 1.69. The van der Waals surface area contributed by atoms with Gasteiger partial charge in [0.05, 0.1) is 13.0 Å². The number of nitrogens with one attached hydrogen (secondary N) is 1. The van der Waals surface area contributed by atoms with E-state index in [0.29, 0.717) is 35.5 Å². The summed E-state index contributed by atoms with van der Waals surface area (Å²) in [5.41, 5.74) is 9.45. The second kappa shape index (κ2) is 10.1. The summed E-state index contributed by atoms with van der Waals surface area (Å²) in [6, 6.07) is 12.7. The maximum Gasteiger partial charge on any atom is 0.340 e. The number of Topliss-reactive ketones (excluding diaryl/α,β-unsaturated/α-hetero) is 1. The van der Waals surface area contributed by atoms with E-state index in [2.05, 4.69) is 5.32 Å². The lowest BCUT2D eigenvalue weighted by Crippen LogP contribution is -2.35. The first-order valence-corrected chi connectivity index (χ1v) is 12.1. The molecule has 3 N–H and O–H groups in total. The van der Waals surface area contributed by atoms with Crippen LogP contribution >= 0.6 is 0 Å². The molecule has 8 heteroatoms. The molecule has 0 spiro atoms. The molecule has 194 valence electrons. The summed E-state index contributed by atoms with van der Waals surface area (Å²) >= 11 is 0. The number of carbonyl (C=O) groups is 3. The number of hydrogen-bond donors (Lipinski definition) is 2. The number of benzene rings is 2. The number of para-hydroxylation sites is 2. The molecule has 1 aliphatic heterocycles. The van der Waals surface area contributed by atoms with Crippen LogP contribution in [0.3, 0.4) is 0 Å². The first-order chi connectivity index (χ1) is 17.5. The number of ketones is 1. The molecule has 0 fully saturated rings. The van der Waals surface area contributed by atoms with Crippen molar-refractivity contribution in [1.82, 2.24) is 0 Å². The van der Waals surface area contributed by atoms with Gasteiger partial charge in [0, 0.05) is 29.7 Å². The summed E-state index contributed by atoms with van der Waals surface area (Å²) in [6.45, 7) is 7.53. The molecular weight excluding hydrogens is 472 g/mol. The van der Waals surface area contributed by atoms with Crippen LogP contribution in [0.2, 0.25) is 0 Å². The van der Waals surface area contributed by atoms with Crippen molar-refractivity contribution in [2.75, 3.05) is 19.0 Å². The van der Waals surface area contributed by atoms with Crippen molar-refractivity contribution < 1.29 is 28.6 Å². The third-order valence-electron chi connectivity index (χ3n) is 6.69. The van der Waals surface area contributed by atoms with E-state index in [1.54, 1.807) is 24.3 Å². The van der Waals surface area contributed by atoms with Crippen LogP contribution in [-0.4, -0.2) is 31.4 Å². The van der Waals surface area contributed by atoms with Crippen LogP contribution in [-0.2, 0) is 23.9 Å². The molecule has 0 aromatic heterocycles. The highest BCUT2D eigenvalue weighted by atomic mass is 16.5. The fourth-order valence-electron chi connectivity index (χ4n) is 4.99. The molecule has 1 atom stereocenters. The van der Waals surface area contributed by atoms with E-state index < -0.39 is 11.9 Å². The Kier molecular flexibility index (Phi) is 7.12. The predicted molar refractivity (Wildman–Crippen MR) is 139 cm³/mol. The number of methoxy groups -OCH3 is 1. The zero-order valence-electron chi connectivity index (χ0n) is 21.8. The number of ether oxygens (including phenoxy) is 3. The van der Waals surface area contributed by atoms with Crippen LogP contribution in [0.15, 0.2) is 65.3 Å². The Bertz CT molecular complexity index is 1320. The van der Waals surface area contributed by atoms with Gasteiger partial charge in [-0.25, -0.2) is 4.79 Å². The first kappa shape index (κ1) is 26.0. The number of carbonyl (C=O) groups excluding carboxylic acids is 3. The SMILES string of the molecule is COC(=O)C1=C(N)OC2=C(C(=O)CC(C)(C)C2)C1c1ccccc1OCC(=O)Nc1c(C)cccc1C. The second-order valence-corrected chi connectivity index (χ2v) is 10.2. The van der Waals surface area contributed by atoms with E-state index >= 15 is 0 Å². The third-order valence-corrected chi connectivity index (χ3v) is 6.69. The summed E-state index contributed by atoms with van der Waals surface area (Å²) in [7, 11) is 1.25. The van der Waals surface area contributed by atoms with Gasteiger partial charge in [-0.2, -0.15) is 0 Å². The van der Waals surface area contributed by atoms with Crippen LogP contribution in [0.4, 0.5) is 5.69 Å². The van der Waals surface area contributed by atoms with E-state index in [1.807, 2.05) is 45.9 Å². The van der Waals surface area contributed by atoms with E-state index in [9.17, 15) is 14.4 Å². The predicted octanol–water partition coefficient (Wildman–Crippen LogP) is 4.42. The van der Waals surface area contributed by atoms with E-state index in [1.165, 1.54) is 7.11 Å².